The molecule has 1 saturated carbocycles. The molecular weight excluding hydrogens is 212 g/mol. The number of nitrogens with two attached hydrogens (primary N) is 1. The zero-order chi connectivity index (χ0) is 12.4. The third-order valence-corrected chi connectivity index (χ3v) is 5.37. The maximum atomic E-state index is 11.1. The third-order valence-electron chi connectivity index (χ3n) is 5.37. The van der Waals surface area contributed by atoms with Crippen molar-refractivity contribution in [1.82, 2.24) is 5.32 Å². The molecule has 0 spiro atoms. The van der Waals surface area contributed by atoms with Gasteiger partial charge in [0.1, 0.15) is 0 Å². The van der Waals surface area contributed by atoms with Gasteiger partial charge in [-0.15, -0.1) is 0 Å². The highest BCUT2D eigenvalue weighted by atomic mass is 16.3. The number of aliphatic hydroxyl groups is 1. The lowest BCUT2D eigenvalue weighted by Gasteiger charge is -2.52. The van der Waals surface area contributed by atoms with Crippen LogP contribution in [-0.2, 0) is 0 Å². The molecule has 2 aliphatic rings. The molecule has 0 aromatic rings. The molecule has 0 radical (unpaired) electrons. The summed E-state index contributed by atoms with van der Waals surface area (Å²) in [5, 5.41) is 14.5. The molecule has 3 heteroatoms. The summed E-state index contributed by atoms with van der Waals surface area (Å²) < 4.78 is 0. The van der Waals surface area contributed by atoms with Crippen LogP contribution in [0.4, 0.5) is 0 Å². The van der Waals surface area contributed by atoms with E-state index in [-0.39, 0.29) is 5.41 Å². The molecule has 1 saturated heterocycles. The van der Waals surface area contributed by atoms with Crippen molar-refractivity contribution in [2.45, 2.75) is 57.5 Å². The SMILES string of the molecule is CC(O)(C1CCCNC1)C1(CN)CCCCC1. The summed E-state index contributed by atoms with van der Waals surface area (Å²) in [5.41, 5.74) is 5.42. The Morgan fingerprint density at radius 1 is 1.29 bits per heavy atom. The van der Waals surface area contributed by atoms with Crippen LogP contribution in [0.15, 0.2) is 0 Å². The lowest BCUT2D eigenvalue weighted by Crippen LogP contribution is -2.58. The van der Waals surface area contributed by atoms with Crippen molar-refractivity contribution in [2.75, 3.05) is 19.6 Å². The van der Waals surface area contributed by atoms with Crippen LogP contribution in [0.1, 0.15) is 51.9 Å². The zero-order valence-electron chi connectivity index (χ0n) is 11.2. The first-order valence-electron chi connectivity index (χ1n) is 7.25. The van der Waals surface area contributed by atoms with E-state index in [1.54, 1.807) is 0 Å². The molecule has 0 bridgehead atoms. The largest absolute Gasteiger partial charge is 0.389 e. The third kappa shape index (κ3) is 2.38. The van der Waals surface area contributed by atoms with E-state index in [9.17, 15) is 5.11 Å². The molecule has 1 aliphatic heterocycles. The molecule has 2 atom stereocenters. The van der Waals surface area contributed by atoms with Crippen molar-refractivity contribution < 1.29 is 5.11 Å². The molecule has 1 aliphatic carbocycles. The highest BCUT2D eigenvalue weighted by Gasteiger charge is 2.50. The summed E-state index contributed by atoms with van der Waals surface area (Å²) in [6.07, 6.45) is 8.30. The second-order valence-electron chi connectivity index (χ2n) is 6.24. The Kier molecular flexibility index (Phi) is 4.11. The van der Waals surface area contributed by atoms with E-state index in [0.29, 0.717) is 12.5 Å². The minimum absolute atomic E-state index is 0.0328. The number of piperidine rings is 1. The van der Waals surface area contributed by atoms with Gasteiger partial charge in [-0.05, 0) is 39.2 Å². The highest BCUT2D eigenvalue weighted by molar-refractivity contribution is 5.03. The van der Waals surface area contributed by atoms with Crippen LogP contribution in [0, 0.1) is 11.3 Å². The summed E-state index contributed by atoms with van der Waals surface area (Å²) in [7, 11) is 0. The number of nitrogens with one attached hydrogen (secondary N) is 1. The maximum Gasteiger partial charge on any atom is 0.0727 e. The van der Waals surface area contributed by atoms with Gasteiger partial charge in [0, 0.05) is 24.4 Å². The Morgan fingerprint density at radius 3 is 2.53 bits per heavy atom. The van der Waals surface area contributed by atoms with Gasteiger partial charge in [-0.1, -0.05) is 19.3 Å². The molecule has 100 valence electrons. The average Bonchev–Trinajstić information content (AvgIpc) is 2.40. The smallest absolute Gasteiger partial charge is 0.0727 e. The fourth-order valence-corrected chi connectivity index (χ4v) is 3.91. The minimum Gasteiger partial charge on any atom is -0.389 e. The van der Waals surface area contributed by atoms with Crippen LogP contribution in [0.25, 0.3) is 0 Å². The van der Waals surface area contributed by atoms with E-state index in [0.717, 1.165) is 32.4 Å². The molecule has 0 aromatic carbocycles. The molecule has 2 unspecified atom stereocenters. The van der Waals surface area contributed by atoms with Crippen LogP contribution in [0.5, 0.6) is 0 Å². The Bertz CT molecular complexity index is 241. The Labute approximate surface area is 105 Å². The van der Waals surface area contributed by atoms with Crippen LogP contribution in [0.3, 0.4) is 0 Å². The molecule has 0 aromatic heterocycles. The van der Waals surface area contributed by atoms with Crippen LogP contribution in [-0.4, -0.2) is 30.3 Å². The van der Waals surface area contributed by atoms with Gasteiger partial charge in [0.05, 0.1) is 5.60 Å². The monoisotopic (exact) mass is 240 g/mol. The number of rotatable bonds is 3. The van der Waals surface area contributed by atoms with Gasteiger partial charge in [-0.2, -0.15) is 0 Å². The highest BCUT2D eigenvalue weighted by Crippen LogP contribution is 2.48. The minimum atomic E-state index is -0.602. The van der Waals surface area contributed by atoms with Crippen molar-refractivity contribution in [3.63, 3.8) is 0 Å². The summed E-state index contributed by atoms with van der Waals surface area (Å²) in [5.74, 6) is 0.373. The zero-order valence-corrected chi connectivity index (χ0v) is 11.2. The number of hydrogen-bond donors (Lipinski definition) is 3. The van der Waals surface area contributed by atoms with Crippen molar-refractivity contribution in [3.8, 4) is 0 Å². The first-order valence-corrected chi connectivity index (χ1v) is 7.25. The first kappa shape index (κ1) is 13.3. The van der Waals surface area contributed by atoms with Gasteiger partial charge in [-0.3, -0.25) is 0 Å². The number of hydrogen-bond acceptors (Lipinski definition) is 3. The van der Waals surface area contributed by atoms with Crippen molar-refractivity contribution in [3.05, 3.63) is 0 Å². The lowest BCUT2D eigenvalue weighted by atomic mass is 9.58. The van der Waals surface area contributed by atoms with E-state index < -0.39 is 5.60 Å². The van der Waals surface area contributed by atoms with E-state index in [4.69, 9.17) is 5.73 Å². The maximum absolute atomic E-state index is 11.1. The topological polar surface area (TPSA) is 58.3 Å². The van der Waals surface area contributed by atoms with E-state index >= 15 is 0 Å². The van der Waals surface area contributed by atoms with Crippen molar-refractivity contribution in [2.24, 2.45) is 17.1 Å². The molecule has 0 amide bonds. The van der Waals surface area contributed by atoms with Crippen LogP contribution in [0.2, 0.25) is 0 Å². The predicted molar refractivity (Wildman–Crippen MR) is 70.8 cm³/mol. The van der Waals surface area contributed by atoms with Gasteiger partial charge < -0.3 is 16.2 Å². The van der Waals surface area contributed by atoms with Gasteiger partial charge in [0.25, 0.3) is 0 Å². The standard InChI is InChI=1S/C14H28N2O/c1-13(17,12-6-5-9-16-10-12)14(11-15)7-3-2-4-8-14/h12,16-17H,2-11,15H2,1H3. The van der Waals surface area contributed by atoms with Gasteiger partial charge in [0.2, 0.25) is 0 Å². The second-order valence-corrected chi connectivity index (χ2v) is 6.24. The van der Waals surface area contributed by atoms with Gasteiger partial charge in [0.15, 0.2) is 0 Å². The van der Waals surface area contributed by atoms with Crippen LogP contribution < -0.4 is 11.1 Å². The first-order chi connectivity index (χ1) is 8.12. The van der Waals surface area contributed by atoms with Crippen molar-refractivity contribution in [1.29, 1.82) is 0 Å². The summed E-state index contributed by atoms with van der Waals surface area (Å²) in [6, 6.07) is 0. The van der Waals surface area contributed by atoms with E-state index in [2.05, 4.69) is 5.32 Å². The summed E-state index contributed by atoms with van der Waals surface area (Å²) in [6.45, 7) is 4.73. The normalized spacial score (nSPS) is 33.0. The summed E-state index contributed by atoms with van der Waals surface area (Å²) >= 11 is 0. The quantitative estimate of drug-likeness (QED) is 0.703. The molecule has 17 heavy (non-hydrogen) atoms. The molecule has 2 fully saturated rings. The van der Waals surface area contributed by atoms with E-state index in [1.807, 2.05) is 6.92 Å². The summed E-state index contributed by atoms with van der Waals surface area (Å²) in [4.78, 5) is 0. The molecule has 4 N–H and O–H groups in total. The van der Waals surface area contributed by atoms with E-state index in [1.165, 1.54) is 25.7 Å². The Morgan fingerprint density at radius 2 is 2.00 bits per heavy atom. The van der Waals surface area contributed by atoms with Crippen molar-refractivity contribution >= 4 is 0 Å². The molecule has 2 rings (SSSR count). The Balaban J connectivity index is 2.14. The lowest BCUT2D eigenvalue weighted by molar-refractivity contribution is -0.130. The fourth-order valence-electron chi connectivity index (χ4n) is 3.91. The molecular formula is C14H28N2O. The average molecular weight is 240 g/mol. The second kappa shape index (κ2) is 5.25. The van der Waals surface area contributed by atoms with Gasteiger partial charge >= 0.3 is 0 Å². The van der Waals surface area contributed by atoms with Crippen LogP contribution >= 0.6 is 0 Å². The molecule has 3 nitrogen and oxygen atoms in total. The predicted octanol–water partition coefficient (Wildman–Crippen LogP) is 1.65. The van der Waals surface area contributed by atoms with Gasteiger partial charge in [-0.25, -0.2) is 0 Å². The fraction of sp³-hybridized carbons (Fsp3) is 1.00. The molecule has 1 heterocycles. The Hall–Kier alpha value is -0.120.